The maximum Gasteiger partial charge on any atom is 0.348 e. The molecular weight excluding hydrogens is 1060 g/mol. The molecule has 0 bridgehead atoms. The summed E-state index contributed by atoms with van der Waals surface area (Å²) in [5.41, 5.74) is 13.8. The average molecular weight is 1090 g/mol. The fourth-order valence-electron chi connectivity index (χ4n) is 5.75. The van der Waals surface area contributed by atoms with Crippen LogP contribution < -0.4 is 41.9 Å². The van der Waals surface area contributed by atoms with Crippen LogP contribution in [0.15, 0.2) is 123 Å². The van der Waals surface area contributed by atoms with Gasteiger partial charge in [0.05, 0.1) is 70.9 Å². The molecule has 0 amide bonds. The first kappa shape index (κ1) is 47.8. The Morgan fingerprint density at radius 1 is 0.578 bits per heavy atom. The lowest BCUT2D eigenvalue weighted by Crippen LogP contribution is -2.45. The van der Waals surface area contributed by atoms with Gasteiger partial charge >= 0.3 is 35.3 Å². The Morgan fingerprint density at radius 3 is 1.28 bits per heavy atom. The van der Waals surface area contributed by atoms with E-state index in [-0.39, 0.29) is 37.7 Å². The number of nitrogen functional groups attached to an aromatic ring is 2. The van der Waals surface area contributed by atoms with Gasteiger partial charge in [-0.2, -0.15) is 9.13 Å². The van der Waals surface area contributed by atoms with E-state index in [0.29, 0.717) is 22.7 Å². The van der Waals surface area contributed by atoms with Crippen molar-refractivity contribution in [3.05, 3.63) is 169 Å². The number of pyridine rings is 3. The molecule has 0 unspecified atom stereocenters. The van der Waals surface area contributed by atoms with Gasteiger partial charge < -0.3 is 37.7 Å². The summed E-state index contributed by atoms with van der Waals surface area (Å²) in [5, 5.41) is 55.9. The molecule has 2 aliphatic rings. The Labute approximate surface area is 392 Å². The van der Waals surface area contributed by atoms with E-state index < -0.39 is 42.4 Å². The van der Waals surface area contributed by atoms with Crippen LogP contribution >= 0.6 is 59.4 Å². The van der Waals surface area contributed by atoms with Crippen molar-refractivity contribution in [1.29, 1.82) is 0 Å². The van der Waals surface area contributed by atoms with Crippen LogP contribution in [0.1, 0.15) is 21.4 Å². The van der Waals surface area contributed by atoms with Crippen LogP contribution in [0.5, 0.6) is 0 Å². The monoisotopic (exact) mass is 1090 g/mol. The highest BCUT2D eigenvalue weighted by Gasteiger charge is 2.34. The second kappa shape index (κ2) is 20.7. The molecule has 9 N–H and O–H groups in total. The molecule has 0 aliphatic carbocycles. The minimum absolute atomic E-state index is 0. The van der Waals surface area contributed by atoms with E-state index in [0.717, 1.165) is 36.9 Å². The number of nitrogens with one attached hydrogen (secondary N) is 5. The first-order chi connectivity index (χ1) is 30.0. The van der Waals surface area contributed by atoms with Crippen molar-refractivity contribution in [2.45, 2.75) is 20.0 Å². The van der Waals surface area contributed by atoms with Crippen LogP contribution in [-0.2, 0) is 0 Å². The number of nitro benzene ring substituents is 4. The van der Waals surface area contributed by atoms with E-state index >= 15 is 0 Å². The van der Waals surface area contributed by atoms with Crippen molar-refractivity contribution >= 4 is 127 Å². The normalized spacial score (nSPS) is 12.0. The first-order valence-corrected chi connectivity index (χ1v) is 20.3. The lowest BCUT2D eigenvalue weighted by atomic mass is 10.2. The number of fused-ring (bicyclic) bond motifs is 3. The number of H-pyrrole nitrogens is 1. The number of imidazole rings is 1. The van der Waals surface area contributed by atoms with E-state index in [1.807, 2.05) is 65.5 Å². The number of aromatic nitrogens is 5. The predicted molar refractivity (Wildman–Crippen MR) is 251 cm³/mol. The van der Waals surface area contributed by atoms with Gasteiger partial charge in [0.15, 0.2) is 24.8 Å². The fraction of sp³-hybridized carbons (Fsp3) is 0.0811. The zero-order chi connectivity index (χ0) is 45.5. The fourth-order valence-corrected chi connectivity index (χ4v) is 6.66. The van der Waals surface area contributed by atoms with Gasteiger partial charge in [-0.25, -0.2) is 4.98 Å². The lowest BCUT2D eigenvalue weighted by molar-refractivity contribution is -0.710. The number of nitro groups is 4. The molecule has 0 atom stereocenters. The maximum atomic E-state index is 11.0. The molecule has 0 saturated heterocycles. The molecule has 7 aromatic rings. The largest absolute Gasteiger partial charge is 0.397 e. The summed E-state index contributed by atoms with van der Waals surface area (Å²) in [7, 11) is 0. The van der Waals surface area contributed by atoms with Gasteiger partial charge in [0.25, 0.3) is 0 Å². The summed E-state index contributed by atoms with van der Waals surface area (Å²) < 4.78 is 6.84. The van der Waals surface area contributed by atoms with Gasteiger partial charge in [-0.05, 0) is 35.9 Å². The quantitative estimate of drug-likeness (QED) is 0.0353. The summed E-state index contributed by atoms with van der Waals surface area (Å²) in [6.45, 7) is 0. The molecule has 4 aromatic heterocycles. The second-order valence-corrected chi connectivity index (χ2v) is 15.9. The van der Waals surface area contributed by atoms with Crippen molar-refractivity contribution in [2.24, 2.45) is 0 Å². The van der Waals surface area contributed by atoms with Crippen molar-refractivity contribution in [3.63, 3.8) is 0 Å². The number of nitrogens with zero attached hydrogens (tertiary/aromatic N) is 8. The van der Waals surface area contributed by atoms with Gasteiger partial charge in [0.1, 0.15) is 0 Å². The van der Waals surface area contributed by atoms with Gasteiger partial charge in [-0.1, -0.05) is 55.2 Å². The number of hydrogen-bond acceptors (Lipinski definition) is 16. The summed E-state index contributed by atoms with van der Waals surface area (Å²) in [4.78, 5) is 50.0. The number of nitrogens with two attached hydrogens (primary N) is 2. The third-order valence-corrected chi connectivity index (χ3v) is 10.5. The van der Waals surface area contributed by atoms with Crippen LogP contribution in [-0.4, -0.2) is 34.6 Å². The van der Waals surface area contributed by atoms with Gasteiger partial charge in [-0.3, -0.25) is 45.4 Å². The topological polar surface area (TPSA) is 322 Å². The van der Waals surface area contributed by atoms with Gasteiger partial charge in [0, 0.05) is 69.7 Å². The lowest BCUT2D eigenvalue weighted by Gasteiger charge is -2.06. The number of benzene rings is 3. The molecule has 0 saturated carbocycles. The summed E-state index contributed by atoms with van der Waals surface area (Å²) in [5.74, 6) is 0. The molecule has 2 aliphatic heterocycles. The minimum Gasteiger partial charge on any atom is -0.397 e. The molecule has 3 aromatic carbocycles. The second-order valence-electron chi connectivity index (χ2n) is 12.8. The van der Waals surface area contributed by atoms with Crippen LogP contribution in [0.2, 0.25) is 5.28 Å². The minimum atomic E-state index is -0.833. The average Bonchev–Trinajstić information content (AvgIpc) is 3.97. The van der Waals surface area contributed by atoms with Crippen LogP contribution in [0, 0.1) is 40.5 Å². The predicted octanol–water partition coefficient (Wildman–Crippen LogP) is 9.20. The first-order valence-electron chi connectivity index (χ1n) is 17.6. The zero-order valence-corrected chi connectivity index (χ0v) is 37.1. The third-order valence-electron chi connectivity index (χ3n) is 8.70. The van der Waals surface area contributed by atoms with E-state index in [2.05, 4.69) is 84.0 Å². The zero-order valence-electron chi connectivity index (χ0n) is 31.6. The Hall–Kier alpha value is -7.29. The highest BCUT2D eigenvalue weighted by molar-refractivity contribution is 9.11. The molecule has 0 fully saturated rings. The maximum absolute atomic E-state index is 11.0. The van der Waals surface area contributed by atoms with Gasteiger partial charge in [-0.15, -0.1) is 0 Å². The van der Waals surface area contributed by atoms with Crippen LogP contribution in [0.25, 0.3) is 11.0 Å². The van der Waals surface area contributed by atoms with Crippen molar-refractivity contribution in [2.75, 3.05) is 32.7 Å². The number of rotatable bonds is 6. The molecule has 0 radical (unpaired) electrons. The standard InChI is InChI=1S/C12H9BrN5O4.C12H13BrN5.C7H3ClN4O4.C5H4BrN.CH4.H2/c13-7-1-3-16(4-2-7)12-14-8-5-10(17(19)20)11(18(21)22)6-9(8)15-12;13-7-1-3-18(4-2-7)12-16-10-5-8(14)9(15)6-11(10)17-12;8-7-9-3-1-5(11(13)14)6(12(15)16)2-4(3)10-7;6-5-1-3-7-4-2-5;;/h1-6,12,14-15H;1-6,12,16-17H,14-15H2;1-2H,(H,9,10);1-4H;1H4;1H/q2*+1;;;;. The van der Waals surface area contributed by atoms with E-state index in [1.54, 1.807) is 29.4 Å². The summed E-state index contributed by atoms with van der Waals surface area (Å²) in [6, 6.07) is 19.5. The Balaban J connectivity index is 0.000000197. The van der Waals surface area contributed by atoms with Crippen LogP contribution in [0.3, 0.4) is 0 Å². The Morgan fingerprint density at radius 2 is 0.922 bits per heavy atom. The highest BCUT2D eigenvalue weighted by Crippen LogP contribution is 2.40. The summed E-state index contributed by atoms with van der Waals surface area (Å²) >= 11 is 15.6. The van der Waals surface area contributed by atoms with Crippen molar-refractivity contribution in [3.8, 4) is 0 Å². The van der Waals surface area contributed by atoms with Gasteiger partial charge in [0.2, 0.25) is 5.28 Å². The third kappa shape index (κ3) is 11.6. The molecular formula is C37H35Br3ClN15O8+2. The Bertz CT molecular complexity index is 2750. The molecule has 6 heterocycles. The molecule has 27 heteroatoms. The summed E-state index contributed by atoms with van der Waals surface area (Å²) in [6.07, 6.45) is 10.6. The smallest absolute Gasteiger partial charge is 0.348 e. The van der Waals surface area contributed by atoms with E-state index in [4.69, 9.17) is 23.1 Å². The SMILES string of the molecule is Brc1ccncc1.C.Nc1cc2c(cc1N)NC([n+]1ccc(Br)cc1)N2.O=[N+]([O-])c1cc2c(cc1[N+](=O)[O-])NC([n+]1ccc(Br)cc1)N2.O=[N+]([O-])c1cc2nc(Cl)[nH]c2cc1[N+](=O)[O-].[HH]. The highest BCUT2D eigenvalue weighted by atomic mass is 79.9. The molecule has 9 rings (SSSR count). The van der Waals surface area contributed by atoms with E-state index in [9.17, 15) is 40.5 Å². The Kier molecular flexibility index (Phi) is 15.5. The van der Waals surface area contributed by atoms with Crippen molar-refractivity contribution in [1.82, 2.24) is 15.0 Å². The van der Waals surface area contributed by atoms with E-state index in [1.165, 1.54) is 12.1 Å². The molecule has 23 nitrogen and oxygen atoms in total. The van der Waals surface area contributed by atoms with Crippen LogP contribution in [0.4, 0.5) is 56.9 Å². The number of aromatic amines is 1. The number of halogens is 4. The molecule has 0 spiro atoms. The number of anilines is 6. The number of hydrogen-bond donors (Lipinski definition) is 7. The molecule has 332 valence electrons. The van der Waals surface area contributed by atoms with Crippen molar-refractivity contribution < 1.29 is 30.3 Å². The molecule has 64 heavy (non-hydrogen) atoms.